The van der Waals surface area contributed by atoms with Gasteiger partial charge < -0.3 is 5.73 Å². The lowest BCUT2D eigenvalue weighted by molar-refractivity contribution is 0.449. The van der Waals surface area contributed by atoms with E-state index in [2.05, 4.69) is 23.9 Å². The van der Waals surface area contributed by atoms with Crippen molar-refractivity contribution >= 4 is 11.8 Å². The first kappa shape index (κ1) is 13.5. The van der Waals surface area contributed by atoms with Crippen LogP contribution in [0.2, 0.25) is 0 Å². The van der Waals surface area contributed by atoms with Crippen molar-refractivity contribution in [2.75, 3.05) is 5.75 Å². The SMILES string of the molecule is CC1(C(N)Cc2ccn(C3CCCC3)n2)CCCS1. The molecule has 0 aromatic carbocycles. The number of nitrogens with two attached hydrogens (primary N) is 1. The third kappa shape index (κ3) is 2.84. The van der Waals surface area contributed by atoms with E-state index in [9.17, 15) is 0 Å². The quantitative estimate of drug-likeness (QED) is 0.920. The first-order valence-electron chi connectivity index (χ1n) is 7.61. The van der Waals surface area contributed by atoms with Gasteiger partial charge in [0.05, 0.1) is 11.7 Å². The lowest BCUT2D eigenvalue weighted by Crippen LogP contribution is -2.42. The summed E-state index contributed by atoms with van der Waals surface area (Å²) < 4.78 is 2.44. The molecule has 2 aliphatic rings. The van der Waals surface area contributed by atoms with Crippen LogP contribution in [0, 0.1) is 0 Å². The molecule has 1 aromatic rings. The second-order valence-corrected chi connectivity index (χ2v) is 7.93. The van der Waals surface area contributed by atoms with E-state index in [1.54, 1.807) is 0 Å². The van der Waals surface area contributed by atoms with Gasteiger partial charge in [0.15, 0.2) is 0 Å². The molecule has 0 radical (unpaired) electrons. The molecule has 1 aliphatic carbocycles. The Morgan fingerprint density at radius 1 is 1.47 bits per heavy atom. The average Bonchev–Trinajstić information content (AvgIpc) is 3.08. The van der Waals surface area contributed by atoms with Crippen molar-refractivity contribution in [3.05, 3.63) is 18.0 Å². The number of rotatable bonds is 4. The van der Waals surface area contributed by atoms with Crippen LogP contribution in [0.5, 0.6) is 0 Å². The second-order valence-electron chi connectivity index (χ2n) is 6.30. The lowest BCUT2D eigenvalue weighted by Gasteiger charge is -2.29. The van der Waals surface area contributed by atoms with Gasteiger partial charge >= 0.3 is 0 Å². The van der Waals surface area contributed by atoms with E-state index in [4.69, 9.17) is 10.8 Å². The number of thioether (sulfide) groups is 1. The molecule has 106 valence electrons. The maximum atomic E-state index is 6.44. The molecule has 0 spiro atoms. The highest BCUT2D eigenvalue weighted by atomic mass is 32.2. The van der Waals surface area contributed by atoms with Gasteiger partial charge in [0.25, 0.3) is 0 Å². The number of hydrogen-bond acceptors (Lipinski definition) is 3. The van der Waals surface area contributed by atoms with Gasteiger partial charge in [-0.1, -0.05) is 12.8 Å². The Labute approximate surface area is 120 Å². The van der Waals surface area contributed by atoms with Gasteiger partial charge in [-0.15, -0.1) is 0 Å². The highest BCUT2D eigenvalue weighted by Gasteiger charge is 2.36. The smallest absolute Gasteiger partial charge is 0.0640 e. The minimum Gasteiger partial charge on any atom is -0.326 e. The first-order chi connectivity index (χ1) is 9.17. The monoisotopic (exact) mass is 279 g/mol. The van der Waals surface area contributed by atoms with Crippen LogP contribution in [0.25, 0.3) is 0 Å². The predicted octanol–water partition coefficient (Wildman–Crippen LogP) is 3.15. The summed E-state index contributed by atoms with van der Waals surface area (Å²) in [5.41, 5.74) is 7.61. The predicted molar refractivity (Wildman–Crippen MR) is 81.5 cm³/mol. The zero-order valence-electron chi connectivity index (χ0n) is 11.8. The van der Waals surface area contributed by atoms with Crippen LogP contribution < -0.4 is 5.73 Å². The molecular weight excluding hydrogens is 254 g/mol. The van der Waals surface area contributed by atoms with Crippen LogP contribution in [0.1, 0.15) is 57.2 Å². The van der Waals surface area contributed by atoms with E-state index in [0.29, 0.717) is 6.04 Å². The van der Waals surface area contributed by atoms with Crippen molar-refractivity contribution in [3.63, 3.8) is 0 Å². The number of hydrogen-bond donors (Lipinski definition) is 1. The molecule has 0 amide bonds. The summed E-state index contributed by atoms with van der Waals surface area (Å²) in [7, 11) is 0. The molecule has 19 heavy (non-hydrogen) atoms. The first-order valence-corrected chi connectivity index (χ1v) is 8.59. The zero-order chi connectivity index (χ0) is 13.3. The van der Waals surface area contributed by atoms with E-state index in [1.165, 1.54) is 50.0 Å². The van der Waals surface area contributed by atoms with Crippen LogP contribution in [-0.2, 0) is 6.42 Å². The summed E-state index contributed by atoms with van der Waals surface area (Å²) >= 11 is 2.04. The Morgan fingerprint density at radius 3 is 2.95 bits per heavy atom. The van der Waals surface area contributed by atoms with Gasteiger partial charge in [0, 0.05) is 23.4 Å². The van der Waals surface area contributed by atoms with Gasteiger partial charge in [-0.2, -0.15) is 16.9 Å². The summed E-state index contributed by atoms with van der Waals surface area (Å²) in [4.78, 5) is 0. The molecule has 2 unspecified atom stereocenters. The summed E-state index contributed by atoms with van der Waals surface area (Å²) in [6.07, 6.45) is 10.9. The molecule has 2 fully saturated rings. The second kappa shape index (κ2) is 5.49. The summed E-state index contributed by atoms with van der Waals surface area (Å²) in [6, 6.07) is 3.04. The highest BCUT2D eigenvalue weighted by Crippen LogP contribution is 2.40. The molecule has 1 saturated heterocycles. The van der Waals surface area contributed by atoms with Crippen LogP contribution in [0.3, 0.4) is 0 Å². The van der Waals surface area contributed by atoms with Crippen LogP contribution >= 0.6 is 11.8 Å². The van der Waals surface area contributed by atoms with Crippen molar-refractivity contribution in [1.82, 2.24) is 9.78 Å². The molecule has 2 N–H and O–H groups in total. The zero-order valence-corrected chi connectivity index (χ0v) is 12.7. The minimum atomic E-state index is 0.229. The molecule has 2 atom stereocenters. The summed E-state index contributed by atoms with van der Waals surface area (Å²) in [5, 5.41) is 4.76. The van der Waals surface area contributed by atoms with Gasteiger partial charge in [0.2, 0.25) is 0 Å². The molecule has 0 bridgehead atoms. The van der Waals surface area contributed by atoms with Gasteiger partial charge in [0.1, 0.15) is 0 Å². The third-order valence-electron chi connectivity index (χ3n) is 4.83. The topological polar surface area (TPSA) is 43.8 Å². The molecule has 1 aliphatic heterocycles. The van der Waals surface area contributed by atoms with Crippen molar-refractivity contribution in [2.24, 2.45) is 5.73 Å². The Balaban J connectivity index is 1.63. The highest BCUT2D eigenvalue weighted by molar-refractivity contribution is 8.00. The van der Waals surface area contributed by atoms with E-state index in [0.717, 1.165) is 6.42 Å². The van der Waals surface area contributed by atoms with Crippen molar-refractivity contribution in [1.29, 1.82) is 0 Å². The van der Waals surface area contributed by atoms with Gasteiger partial charge in [-0.25, -0.2) is 0 Å². The molecule has 3 nitrogen and oxygen atoms in total. The van der Waals surface area contributed by atoms with Crippen LogP contribution in [0.4, 0.5) is 0 Å². The largest absolute Gasteiger partial charge is 0.326 e. The van der Waals surface area contributed by atoms with Gasteiger partial charge in [-0.3, -0.25) is 4.68 Å². The maximum absolute atomic E-state index is 6.44. The Kier molecular flexibility index (Phi) is 3.90. The Hall–Kier alpha value is -0.480. The number of aromatic nitrogens is 2. The minimum absolute atomic E-state index is 0.229. The van der Waals surface area contributed by atoms with Crippen LogP contribution in [0.15, 0.2) is 12.3 Å². The summed E-state index contributed by atoms with van der Waals surface area (Å²) in [6.45, 7) is 2.32. The molecule has 3 rings (SSSR count). The van der Waals surface area contributed by atoms with Crippen molar-refractivity contribution in [3.8, 4) is 0 Å². The fourth-order valence-corrected chi connectivity index (χ4v) is 4.73. The molecular formula is C15H25N3S. The number of nitrogens with zero attached hydrogens (tertiary/aromatic N) is 2. The fraction of sp³-hybridized carbons (Fsp3) is 0.800. The van der Waals surface area contributed by atoms with Crippen molar-refractivity contribution in [2.45, 2.75) is 68.7 Å². The fourth-order valence-electron chi connectivity index (χ4n) is 3.39. The lowest BCUT2D eigenvalue weighted by atomic mass is 9.93. The van der Waals surface area contributed by atoms with E-state index in [1.807, 2.05) is 11.8 Å². The summed E-state index contributed by atoms with van der Waals surface area (Å²) in [5.74, 6) is 1.26. The normalized spacial score (nSPS) is 30.0. The van der Waals surface area contributed by atoms with Crippen molar-refractivity contribution < 1.29 is 0 Å². The molecule has 2 heterocycles. The maximum Gasteiger partial charge on any atom is 0.0640 e. The van der Waals surface area contributed by atoms with Crippen LogP contribution in [-0.4, -0.2) is 26.3 Å². The standard InChI is InChI=1S/C15H25N3S/c1-15(8-4-10-19-15)14(16)11-12-7-9-18(17-12)13-5-2-3-6-13/h7,9,13-14H,2-6,8,10-11,16H2,1H3. The van der Waals surface area contributed by atoms with E-state index < -0.39 is 0 Å². The Morgan fingerprint density at radius 2 is 2.26 bits per heavy atom. The van der Waals surface area contributed by atoms with Gasteiger partial charge in [-0.05, 0) is 44.4 Å². The van der Waals surface area contributed by atoms with E-state index in [-0.39, 0.29) is 10.8 Å². The molecule has 1 saturated carbocycles. The average molecular weight is 279 g/mol. The third-order valence-corrected chi connectivity index (χ3v) is 6.48. The Bertz CT molecular complexity index is 417. The molecule has 4 heteroatoms. The van der Waals surface area contributed by atoms with E-state index >= 15 is 0 Å². The molecule has 1 aromatic heterocycles.